The highest BCUT2D eigenvalue weighted by Gasteiger charge is 2.25. The van der Waals surface area contributed by atoms with Crippen LogP contribution in [0.25, 0.3) is 10.2 Å². The first kappa shape index (κ1) is 18.5. The van der Waals surface area contributed by atoms with Crippen molar-refractivity contribution >= 4 is 32.6 Å². The van der Waals surface area contributed by atoms with Gasteiger partial charge in [-0.05, 0) is 59.0 Å². The lowest BCUT2D eigenvalue weighted by Crippen LogP contribution is -2.33. The minimum Gasteiger partial charge on any atom is -0.351 e. The van der Waals surface area contributed by atoms with Gasteiger partial charge >= 0.3 is 0 Å². The Labute approximate surface area is 157 Å². The van der Waals surface area contributed by atoms with Gasteiger partial charge in [0, 0.05) is 12.6 Å². The summed E-state index contributed by atoms with van der Waals surface area (Å²) in [4.78, 5) is 21.6. The van der Waals surface area contributed by atoms with Gasteiger partial charge in [0.25, 0.3) is 5.91 Å². The van der Waals surface area contributed by atoms with Crippen molar-refractivity contribution in [2.75, 3.05) is 32.1 Å². The molecule has 3 rings (SSSR count). The summed E-state index contributed by atoms with van der Waals surface area (Å²) in [5, 5.41) is 4.55. The van der Waals surface area contributed by atoms with E-state index in [1.807, 2.05) is 21.0 Å². The molecule has 7 heteroatoms. The van der Waals surface area contributed by atoms with Crippen LogP contribution in [0.1, 0.15) is 33.8 Å². The van der Waals surface area contributed by atoms with Gasteiger partial charge in [-0.1, -0.05) is 28.6 Å². The maximum Gasteiger partial charge on any atom is 0.298 e. The normalized spacial score (nSPS) is 11.5. The third kappa shape index (κ3) is 3.78. The zero-order valence-corrected chi connectivity index (χ0v) is 16.7. The van der Waals surface area contributed by atoms with E-state index < -0.39 is 0 Å². The van der Waals surface area contributed by atoms with Crippen LogP contribution in [0.4, 0.5) is 5.13 Å². The van der Waals surface area contributed by atoms with Gasteiger partial charge in [0.15, 0.2) is 5.13 Å². The molecule has 0 aliphatic rings. The summed E-state index contributed by atoms with van der Waals surface area (Å²) >= 11 is 1.55. The first-order chi connectivity index (χ1) is 12.4. The van der Waals surface area contributed by atoms with Crippen LogP contribution in [-0.4, -0.2) is 48.1 Å². The molecule has 0 atom stereocenters. The van der Waals surface area contributed by atoms with Gasteiger partial charge in [-0.3, -0.25) is 9.69 Å². The molecule has 138 valence electrons. The number of amides is 1. The van der Waals surface area contributed by atoms with E-state index in [0.717, 1.165) is 28.7 Å². The molecule has 1 aromatic carbocycles. The summed E-state index contributed by atoms with van der Waals surface area (Å²) in [6.07, 6.45) is 0.847. The average molecular weight is 372 g/mol. The Morgan fingerprint density at radius 2 is 1.88 bits per heavy atom. The fourth-order valence-electron chi connectivity index (χ4n) is 2.79. The standard InChI is InChI=1S/C19H24N4O2S/c1-12-7-8-13(2)17-16(12)20-19(26-17)23(10-6-9-22(4)5)18(24)15-11-14(3)21-25-15/h7-8,11H,6,9-10H2,1-5H3. The quantitative estimate of drug-likeness (QED) is 0.658. The van der Waals surface area contributed by atoms with Crippen LogP contribution >= 0.6 is 11.3 Å². The molecule has 2 heterocycles. The second kappa shape index (κ2) is 7.55. The SMILES string of the molecule is Cc1cc(C(=O)N(CCCN(C)C)c2nc3c(C)ccc(C)c3s2)on1. The molecule has 0 N–H and O–H groups in total. The largest absolute Gasteiger partial charge is 0.351 e. The Hall–Kier alpha value is -2.25. The number of rotatable bonds is 6. The third-order valence-corrected chi connectivity index (χ3v) is 5.45. The number of carbonyl (C=O) groups excluding carboxylic acids is 1. The molecule has 0 bridgehead atoms. The molecular weight excluding hydrogens is 348 g/mol. The van der Waals surface area contributed by atoms with Crippen LogP contribution in [0.5, 0.6) is 0 Å². The number of thiazole rings is 1. The van der Waals surface area contributed by atoms with Crippen LogP contribution in [0.3, 0.4) is 0 Å². The highest BCUT2D eigenvalue weighted by molar-refractivity contribution is 7.22. The molecule has 0 saturated carbocycles. The Morgan fingerprint density at radius 3 is 2.50 bits per heavy atom. The summed E-state index contributed by atoms with van der Waals surface area (Å²) in [7, 11) is 4.05. The predicted molar refractivity (Wildman–Crippen MR) is 105 cm³/mol. The third-order valence-electron chi connectivity index (χ3n) is 4.23. The number of benzene rings is 1. The molecule has 0 fully saturated rings. The van der Waals surface area contributed by atoms with Crippen molar-refractivity contribution < 1.29 is 9.32 Å². The molecular formula is C19H24N4O2S. The van der Waals surface area contributed by atoms with Gasteiger partial charge in [-0.15, -0.1) is 0 Å². The van der Waals surface area contributed by atoms with Crippen LogP contribution in [0, 0.1) is 20.8 Å². The smallest absolute Gasteiger partial charge is 0.298 e. The molecule has 2 aromatic heterocycles. The van der Waals surface area contributed by atoms with Crippen LogP contribution < -0.4 is 4.90 Å². The van der Waals surface area contributed by atoms with E-state index in [4.69, 9.17) is 9.51 Å². The Morgan fingerprint density at radius 1 is 1.15 bits per heavy atom. The highest BCUT2D eigenvalue weighted by Crippen LogP contribution is 2.33. The van der Waals surface area contributed by atoms with E-state index in [2.05, 4.69) is 29.1 Å². The van der Waals surface area contributed by atoms with Gasteiger partial charge in [0.2, 0.25) is 5.76 Å². The van der Waals surface area contributed by atoms with E-state index in [0.29, 0.717) is 17.4 Å². The Balaban J connectivity index is 1.98. The van der Waals surface area contributed by atoms with E-state index >= 15 is 0 Å². The molecule has 0 aliphatic carbocycles. The Bertz CT molecular complexity index is 890. The monoisotopic (exact) mass is 372 g/mol. The zero-order chi connectivity index (χ0) is 18.8. The lowest BCUT2D eigenvalue weighted by molar-refractivity contribution is 0.0950. The lowest BCUT2D eigenvalue weighted by Gasteiger charge is -2.19. The summed E-state index contributed by atoms with van der Waals surface area (Å²) in [6, 6.07) is 5.84. The second-order valence-corrected chi connectivity index (χ2v) is 7.80. The summed E-state index contributed by atoms with van der Waals surface area (Å²) in [5.41, 5.74) is 3.94. The topological polar surface area (TPSA) is 62.5 Å². The highest BCUT2D eigenvalue weighted by atomic mass is 32.1. The maximum atomic E-state index is 13.0. The number of anilines is 1. The van der Waals surface area contributed by atoms with Crippen molar-refractivity contribution in [3.63, 3.8) is 0 Å². The van der Waals surface area contributed by atoms with Crippen LogP contribution in [0.2, 0.25) is 0 Å². The minimum absolute atomic E-state index is 0.196. The van der Waals surface area contributed by atoms with Crippen LogP contribution in [-0.2, 0) is 0 Å². The summed E-state index contributed by atoms with van der Waals surface area (Å²) < 4.78 is 6.33. The van der Waals surface area contributed by atoms with Gasteiger partial charge < -0.3 is 9.42 Å². The number of aryl methyl sites for hydroxylation is 3. The van der Waals surface area contributed by atoms with Gasteiger partial charge in [0.05, 0.1) is 15.9 Å². The molecule has 0 saturated heterocycles. The zero-order valence-electron chi connectivity index (χ0n) is 15.9. The van der Waals surface area contributed by atoms with Crippen molar-refractivity contribution in [2.24, 2.45) is 0 Å². The number of fused-ring (bicyclic) bond motifs is 1. The molecule has 1 amide bonds. The number of nitrogens with zero attached hydrogens (tertiary/aromatic N) is 4. The van der Waals surface area contributed by atoms with Gasteiger partial charge in [-0.25, -0.2) is 4.98 Å². The summed E-state index contributed by atoms with van der Waals surface area (Å²) in [5.74, 6) is 0.0544. The number of aromatic nitrogens is 2. The maximum absolute atomic E-state index is 13.0. The molecule has 0 radical (unpaired) electrons. The van der Waals surface area contributed by atoms with E-state index in [-0.39, 0.29) is 11.7 Å². The number of hydrogen-bond donors (Lipinski definition) is 0. The molecule has 0 unspecified atom stereocenters. The van der Waals surface area contributed by atoms with Crippen molar-refractivity contribution in [3.8, 4) is 0 Å². The fraction of sp³-hybridized carbons (Fsp3) is 0.421. The van der Waals surface area contributed by atoms with Crippen molar-refractivity contribution in [1.82, 2.24) is 15.0 Å². The lowest BCUT2D eigenvalue weighted by atomic mass is 10.1. The minimum atomic E-state index is -0.196. The van der Waals surface area contributed by atoms with Gasteiger partial charge in [0.1, 0.15) is 0 Å². The van der Waals surface area contributed by atoms with E-state index in [1.165, 1.54) is 5.56 Å². The van der Waals surface area contributed by atoms with Crippen LogP contribution in [0.15, 0.2) is 22.7 Å². The number of hydrogen-bond acceptors (Lipinski definition) is 6. The second-order valence-electron chi connectivity index (χ2n) is 6.82. The van der Waals surface area contributed by atoms with Crippen molar-refractivity contribution in [1.29, 1.82) is 0 Å². The predicted octanol–water partition coefficient (Wildman–Crippen LogP) is 3.81. The first-order valence-corrected chi connectivity index (χ1v) is 9.45. The molecule has 6 nitrogen and oxygen atoms in total. The number of carbonyl (C=O) groups is 1. The van der Waals surface area contributed by atoms with Crippen molar-refractivity contribution in [2.45, 2.75) is 27.2 Å². The Kier molecular flexibility index (Phi) is 5.38. The van der Waals surface area contributed by atoms with Gasteiger partial charge in [-0.2, -0.15) is 0 Å². The molecule has 0 spiro atoms. The van der Waals surface area contributed by atoms with Crippen molar-refractivity contribution in [3.05, 3.63) is 40.8 Å². The first-order valence-electron chi connectivity index (χ1n) is 8.63. The molecule has 26 heavy (non-hydrogen) atoms. The van der Waals surface area contributed by atoms with E-state index in [9.17, 15) is 4.79 Å². The van der Waals surface area contributed by atoms with E-state index in [1.54, 1.807) is 29.2 Å². The molecule has 0 aliphatic heterocycles. The molecule has 3 aromatic rings. The summed E-state index contributed by atoms with van der Waals surface area (Å²) in [6.45, 7) is 7.39. The fourth-order valence-corrected chi connectivity index (χ4v) is 3.93. The average Bonchev–Trinajstić information content (AvgIpc) is 3.21.